The summed E-state index contributed by atoms with van der Waals surface area (Å²) in [7, 11) is 3.69. The number of hydrogen-bond acceptors (Lipinski definition) is 5. The summed E-state index contributed by atoms with van der Waals surface area (Å²) in [6.45, 7) is 4.14. The predicted molar refractivity (Wildman–Crippen MR) is 94.7 cm³/mol. The molecule has 1 aliphatic rings. The molecule has 1 fully saturated rings. The molecule has 1 aliphatic heterocycles. The number of halogens is 1. The lowest BCUT2D eigenvalue weighted by atomic mass is 10.1. The van der Waals surface area contributed by atoms with Gasteiger partial charge in [-0.05, 0) is 35.1 Å². The van der Waals surface area contributed by atoms with Gasteiger partial charge in [0.25, 0.3) is 5.91 Å². The van der Waals surface area contributed by atoms with Crippen molar-refractivity contribution < 1.29 is 18.7 Å². The third kappa shape index (κ3) is 3.74. The number of methoxy groups -OCH3 is 1. The topological polar surface area (TPSA) is 55.2 Å². The molecule has 3 rings (SSSR count). The lowest BCUT2D eigenvalue weighted by molar-refractivity contribution is 0.0663. The number of rotatable bonds is 5. The first-order valence-corrected chi connectivity index (χ1v) is 8.70. The van der Waals surface area contributed by atoms with Crippen molar-refractivity contribution in [1.29, 1.82) is 0 Å². The third-order valence-electron chi connectivity index (χ3n) is 4.15. The van der Waals surface area contributed by atoms with E-state index < -0.39 is 0 Å². The molecule has 1 saturated heterocycles. The zero-order valence-corrected chi connectivity index (χ0v) is 15.5. The SMILES string of the molecule is COCCOc1cc(C(=O)N2CCN(C)CC2)cc2oc(Br)cc12. The molecule has 0 atom stereocenters. The van der Waals surface area contributed by atoms with Gasteiger partial charge in [0.05, 0.1) is 12.0 Å². The average molecular weight is 397 g/mol. The van der Waals surface area contributed by atoms with Crippen LogP contribution in [0.5, 0.6) is 5.75 Å². The van der Waals surface area contributed by atoms with Gasteiger partial charge in [0.2, 0.25) is 0 Å². The van der Waals surface area contributed by atoms with Crippen LogP contribution in [-0.2, 0) is 4.74 Å². The lowest BCUT2D eigenvalue weighted by Gasteiger charge is -2.32. The fourth-order valence-corrected chi connectivity index (χ4v) is 3.15. The molecule has 0 aliphatic carbocycles. The Kier molecular flexibility index (Phi) is 5.43. The standard InChI is InChI=1S/C17H21BrN2O4/c1-19-3-5-20(6-4-19)17(21)12-9-14(23-8-7-22-2)13-11-16(18)24-15(13)10-12/h9-11H,3-8H2,1-2H3. The first-order valence-electron chi connectivity index (χ1n) is 7.91. The van der Waals surface area contributed by atoms with Crippen molar-refractivity contribution in [2.24, 2.45) is 0 Å². The maximum Gasteiger partial charge on any atom is 0.254 e. The molecule has 24 heavy (non-hydrogen) atoms. The minimum absolute atomic E-state index is 0.00844. The number of likely N-dealkylation sites (N-methyl/N-ethyl adjacent to an activating group) is 1. The number of hydrogen-bond donors (Lipinski definition) is 0. The molecule has 2 aromatic rings. The number of amides is 1. The molecular weight excluding hydrogens is 376 g/mol. The zero-order valence-electron chi connectivity index (χ0n) is 13.9. The maximum atomic E-state index is 12.8. The number of ether oxygens (including phenoxy) is 2. The molecule has 0 radical (unpaired) electrons. The highest BCUT2D eigenvalue weighted by atomic mass is 79.9. The van der Waals surface area contributed by atoms with E-state index in [1.165, 1.54) is 0 Å². The van der Waals surface area contributed by atoms with Crippen molar-refractivity contribution in [3.63, 3.8) is 0 Å². The minimum atomic E-state index is 0.00844. The minimum Gasteiger partial charge on any atom is -0.490 e. The first-order chi connectivity index (χ1) is 11.6. The highest BCUT2D eigenvalue weighted by molar-refractivity contribution is 9.10. The molecule has 7 heteroatoms. The highest BCUT2D eigenvalue weighted by Gasteiger charge is 2.22. The second kappa shape index (κ2) is 7.55. The highest BCUT2D eigenvalue weighted by Crippen LogP contribution is 2.33. The van der Waals surface area contributed by atoms with Crippen LogP contribution >= 0.6 is 15.9 Å². The van der Waals surface area contributed by atoms with Crippen LogP contribution in [0.25, 0.3) is 11.0 Å². The molecule has 0 spiro atoms. The second-order valence-corrected chi connectivity index (χ2v) is 6.66. The van der Waals surface area contributed by atoms with E-state index >= 15 is 0 Å². The van der Waals surface area contributed by atoms with Crippen molar-refractivity contribution in [3.8, 4) is 5.75 Å². The Hall–Kier alpha value is -1.57. The summed E-state index contributed by atoms with van der Waals surface area (Å²) < 4.78 is 17.1. The second-order valence-electron chi connectivity index (χ2n) is 5.87. The summed E-state index contributed by atoms with van der Waals surface area (Å²) in [6, 6.07) is 5.42. The van der Waals surface area contributed by atoms with Crippen molar-refractivity contribution in [2.75, 3.05) is 53.6 Å². The van der Waals surface area contributed by atoms with Crippen LogP contribution in [0.3, 0.4) is 0 Å². The van der Waals surface area contributed by atoms with Gasteiger partial charge in [0.15, 0.2) is 4.67 Å². The average Bonchev–Trinajstić information content (AvgIpc) is 2.95. The summed E-state index contributed by atoms with van der Waals surface area (Å²) in [5.41, 5.74) is 1.22. The predicted octanol–water partition coefficient (Wildman–Crippen LogP) is 2.61. The third-order valence-corrected chi connectivity index (χ3v) is 4.54. The van der Waals surface area contributed by atoms with E-state index in [-0.39, 0.29) is 5.91 Å². The zero-order chi connectivity index (χ0) is 17.1. The van der Waals surface area contributed by atoms with Gasteiger partial charge in [0.1, 0.15) is 17.9 Å². The molecule has 1 aromatic heterocycles. The van der Waals surface area contributed by atoms with E-state index in [0.29, 0.717) is 34.8 Å². The van der Waals surface area contributed by atoms with Crippen LogP contribution in [0.1, 0.15) is 10.4 Å². The molecular formula is C17H21BrN2O4. The molecule has 0 unspecified atom stereocenters. The smallest absolute Gasteiger partial charge is 0.254 e. The summed E-state index contributed by atoms with van der Waals surface area (Å²) >= 11 is 3.34. The van der Waals surface area contributed by atoms with Crippen molar-refractivity contribution in [1.82, 2.24) is 9.80 Å². The fraction of sp³-hybridized carbons (Fsp3) is 0.471. The Morgan fingerprint density at radius 1 is 1.21 bits per heavy atom. The summed E-state index contributed by atoms with van der Waals surface area (Å²) in [5.74, 6) is 0.644. The number of benzene rings is 1. The van der Waals surface area contributed by atoms with Crippen LogP contribution in [0, 0.1) is 0 Å². The normalized spacial score (nSPS) is 15.9. The van der Waals surface area contributed by atoms with Crippen LogP contribution in [0.4, 0.5) is 0 Å². The molecule has 1 aromatic carbocycles. The number of nitrogens with zero attached hydrogens (tertiary/aromatic N) is 2. The summed E-state index contributed by atoms with van der Waals surface area (Å²) in [6.07, 6.45) is 0. The lowest BCUT2D eigenvalue weighted by Crippen LogP contribution is -2.47. The van der Waals surface area contributed by atoms with Gasteiger partial charge in [0, 0.05) is 44.9 Å². The number of piperazine rings is 1. The Bertz CT molecular complexity index is 723. The Labute approximate surface area is 149 Å². The fourth-order valence-electron chi connectivity index (χ4n) is 2.75. The monoisotopic (exact) mass is 396 g/mol. The van der Waals surface area contributed by atoms with Gasteiger partial charge in [-0.25, -0.2) is 0 Å². The Morgan fingerprint density at radius 3 is 2.67 bits per heavy atom. The van der Waals surface area contributed by atoms with Gasteiger partial charge in [-0.15, -0.1) is 0 Å². The van der Waals surface area contributed by atoms with Crippen LogP contribution in [0.2, 0.25) is 0 Å². The Morgan fingerprint density at radius 2 is 1.96 bits per heavy atom. The number of furan rings is 1. The van der Waals surface area contributed by atoms with E-state index in [4.69, 9.17) is 13.9 Å². The number of fused-ring (bicyclic) bond motifs is 1. The molecule has 130 valence electrons. The summed E-state index contributed by atoms with van der Waals surface area (Å²) in [4.78, 5) is 16.9. The van der Waals surface area contributed by atoms with Crippen LogP contribution < -0.4 is 4.74 Å². The van der Waals surface area contributed by atoms with Gasteiger partial charge in [-0.3, -0.25) is 4.79 Å². The van der Waals surface area contributed by atoms with E-state index in [2.05, 4.69) is 27.9 Å². The number of carbonyl (C=O) groups excluding carboxylic acids is 1. The molecule has 0 N–H and O–H groups in total. The first kappa shape index (κ1) is 17.3. The Balaban J connectivity index is 1.88. The molecule has 1 amide bonds. The van der Waals surface area contributed by atoms with E-state index in [0.717, 1.165) is 31.6 Å². The van der Waals surface area contributed by atoms with Gasteiger partial charge >= 0.3 is 0 Å². The summed E-state index contributed by atoms with van der Waals surface area (Å²) in [5, 5.41) is 0.841. The largest absolute Gasteiger partial charge is 0.490 e. The van der Waals surface area contributed by atoms with E-state index in [1.807, 2.05) is 11.0 Å². The van der Waals surface area contributed by atoms with Crippen molar-refractivity contribution in [2.45, 2.75) is 0 Å². The quantitative estimate of drug-likeness (QED) is 0.727. The van der Waals surface area contributed by atoms with E-state index in [1.54, 1.807) is 19.2 Å². The molecule has 2 heterocycles. The molecule has 0 saturated carbocycles. The van der Waals surface area contributed by atoms with Crippen molar-refractivity contribution >= 4 is 32.8 Å². The van der Waals surface area contributed by atoms with Gasteiger partial charge in [-0.2, -0.15) is 0 Å². The maximum absolute atomic E-state index is 12.8. The van der Waals surface area contributed by atoms with Gasteiger partial charge in [-0.1, -0.05) is 0 Å². The van der Waals surface area contributed by atoms with Crippen LogP contribution in [0.15, 0.2) is 27.3 Å². The molecule has 0 bridgehead atoms. The van der Waals surface area contributed by atoms with Crippen LogP contribution in [-0.4, -0.2) is 69.3 Å². The number of carbonyl (C=O) groups is 1. The van der Waals surface area contributed by atoms with Crippen molar-refractivity contribution in [3.05, 3.63) is 28.4 Å². The molecule has 6 nitrogen and oxygen atoms in total. The van der Waals surface area contributed by atoms with E-state index in [9.17, 15) is 4.79 Å². The van der Waals surface area contributed by atoms with Gasteiger partial charge < -0.3 is 23.7 Å².